The molecule has 2 aromatic rings. The molecule has 1 fully saturated rings. The lowest BCUT2D eigenvalue weighted by atomic mass is 10.0. The monoisotopic (exact) mass is 391 g/mol. The number of halogens is 2. The smallest absolute Gasteiger partial charge is 0.223 e. The molecule has 0 aliphatic carbocycles. The predicted octanol–water partition coefficient (Wildman–Crippen LogP) is 4.56. The number of ketones is 1. The van der Waals surface area contributed by atoms with Gasteiger partial charge in [0.15, 0.2) is 5.78 Å². The van der Waals surface area contributed by atoms with Crippen molar-refractivity contribution in [3.63, 3.8) is 0 Å². The summed E-state index contributed by atoms with van der Waals surface area (Å²) in [5.74, 6) is -0.167. The van der Waals surface area contributed by atoms with Crippen LogP contribution in [0.15, 0.2) is 48.5 Å². The number of hydrogen-bond donors (Lipinski definition) is 0. The maximum Gasteiger partial charge on any atom is 0.223 e. The highest BCUT2D eigenvalue weighted by atomic mass is 35.5. The molecule has 0 saturated carbocycles. The molecule has 0 radical (unpaired) electrons. The van der Waals surface area contributed by atoms with Gasteiger partial charge >= 0.3 is 0 Å². The summed E-state index contributed by atoms with van der Waals surface area (Å²) in [5.41, 5.74) is 1.45. The minimum absolute atomic E-state index is 0.0485. The number of carbonyl (C=O) groups excluding carboxylic acids is 2. The normalized spacial score (nSPS) is 17.2. The van der Waals surface area contributed by atoms with Crippen LogP contribution in [0.3, 0.4) is 0 Å². The third kappa shape index (κ3) is 4.64. The van der Waals surface area contributed by atoms with Crippen LogP contribution >= 0.6 is 23.2 Å². The van der Waals surface area contributed by atoms with Gasteiger partial charge in [0.2, 0.25) is 5.91 Å². The molecule has 2 aromatic carbocycles. The highest BCUT2D eigenvalue weighted by molar-refractivity contribution is 6.34. The number of carbonyl (C=O) groups is 2. The molecule has 0 aromatic heterocycles. The van der Waals surface area contributed by atoms with Crippen molar-refractivity contribution in [1.82, 2.24) is 4.90 Å². The highest BCUT2D eigenvalue weighted by Gasteiger charge is 2.25. The number of amides is 1. The van der Waals surface area contributed by atoms with E-state index in [1.807, 2.05) is 24.3 Å². The van der Waals surface area contributed by atoms with Gasteiger partial charge in [0.1, 0.15) is 6.10 Å². The summed E-state index contributed by atoms with van der Waals surface area (Å²) < 4.78 is 5.77. The fraction of sp³-hybridized carbons (Fsp3) is 0.300. The number of nitrogens with zero attached hydrogens (tertiary/aromatic N) is 1. The molecule has 0 bridgehead atoms. The Balaban J connectivity index is 1.57. The number of ether oxygens (including phenoxy) is 1. The molecule has 1 aliphatic heterocycles. The second-order valence-corrected chi connectivity index (χ2v) is 7.00. The second-order valence-electron chi connectivity index (χ2n) is 6.15. The van der Waals surface area contributed by atoms with Gasteiger partial charge in [-0.2, -0.15) is 0 Å². The van der Waals surface area contributed by atoms with Crippen LogP contribution in [0.4, 0.5) is 0 Å². The van der Waals surface area contributed by atoms with Gasteiger partial charge in [-0.15, -0.1) is 0 Å². The Bertz CT molecular complexity index is 792. The molecule has 1 atom stereocenters. The molecule has 6 heteroatoms. The van der Waals surface area contributed by atoms with E-state index in [9.17, 15) is 9.59 Å². The van der Waals surface area contributed by atoms with E-state index in [1.54, 1.807) is 29.2 Å². The van der Waals surface area contributed by atoms with Crippen LogP contribution in [0, 0.1) is 0 Å². The van der Waals surface area contributed by atoms with Crippen molar-refractivity contribution in [2.45, 2.75) is 18.9 Å². The number of morpholine rings is 1. The molecule has 1 amide bonds. The van der Waals surface area contributed by atoms with Gasteiger partial charge in [0.25, 0.3) is 0 Å². The Morgan fingerprint density at radius 3 is 2.50 bits per heavy atom. The zero-order valence-electron chi connectivity index (χ0n) is 14.2. The molecule has 1 saturated heterocycles. The van der Waals surface area contributed by atoms with Gasteiger partial charge in [0.05, 0.1) is 18.2 Å². The SMILES string of the molecule is O=C(CCC(=O)N1CCOC(c2ccc(Cl)cc2)C1)c1ccccc1Cl. The zero-order chi connectivity index (χ0) is 18.5. The third-order valence-corrected chi connectivity index (χ3v) is 4.98. The lowest BCUT2D eigenvalue weighted by Crippen LogP contribution is -2.42. The topological polar surface area (TPSA) is 46.6 Å². The van der Waals surface area contributed by atoms with Crippen LogP contribution in [-0.4, -0.2) is 36.3 Å². The number of benzene rings is 2. The largest absolute Gasteiger partial charge is 0.370 e. The van der Waals surface area contributed by atoms with Crippen molar-refractivity contribution < 1.29 is 14.3 Å². The quantitative estimate of drug-likeness (QED) is 0.701. The first-order valence-electron chi connectivity index (χ1n) is 8.47. The number of Topliss-reactive ketones (excluding diaryl/α,β-unsaturated/α-hetero) is 1. The van der Waals surface area contributed by atoms with Crippen LogP contribution in [0.25, 0.3) is 0 Å². The van der Waals surface area contributed by atoms with Crippen LogP contribution < -0.4 is 0 Å². The third-order valence-electron chi connectivity index (χ3n) is 4.40. The molecular weight excluding hydrogens is 373 g/mol. The van der Waals surface area contributed by atoms with Gasteiger partial charge in [0, 0.05) is 30.0 Å². The van der Waals surface area contributed by atoms with Crippen LogP contribution in [0.1, 0.15) is 34.9 Å². The maximum atomic E-state index is 12.5. The summed E-state index contributed by atoms with van der Waals surface area (Å²) in [6.07, 6.45) is 0.132. The molecule has 3 rings (SSSR count). The van der Waals surface area contributed by atoms with E-state index in [4.69, 9.17) is 27.9 Å². The Labute approximate surface area is 162 Å². The van der Waals surface area contributed by atoms with Crippen molar-refractivity contribution in [1.29, 1.82) is 0 Å². The first-order chi connectivity index (χ1) is 12.5. The van der Waals surface area contributed by atoms with E-state index >= 15 is 0 Å². The van der Waals surface area contributed by atoms with Crippen molar-refractivity contribution in [3.05, 3.63) is 69.7 Å². The molecule has 1 unspecified atom stereocenters. The molecule has 26 heavy (non-hydrogen) atoms. The molecule has 1 heterocycles. The fourth-order valence-corrected chi connectivity index (χ4v) is 3.32. The summed E-state index contributed by atoms with van der Waals surface area (Å²) in [5, 5.41) is 1.08. The molecule has 0 spiro atoms. The second kappa shape index (κ2) is 8.67. The molecule has 0 N–H and O–H groups in total. The minimum Gasteiger partial charge on any atom is -0.370 e. The molecule has 4 nitrogen and oxygen atoms in total. The van der Waals surface area contributed by atoms with E-state index in [-0.39, 0.29) is 30.6 Å². The molecule has 1 aliphatic rings. The highest BCUT2D eigenvalue weighted by Crippen LogP contribution is 2.24. The van der Waals surface area contributed by atoms with E-state index in [1.165, 1.54) is 0 Å². The van der Waals surface area contributed by atoms with E-state index in [0.29, 0.717) is 35.3 Å². The number of rotatable bonds is 5. The minimum atomic E-state index is -0.177. The average Bonchev–Trinajstić information content (AvgIpc) is 2.67. The summed E-state index contributed by atoms with van der Waals surface area (Å²) in [6, 6.07) is 14.3. The summed E-state index contributed by atoms with van der Waals surface area (Å²) >= 11 is 12.0. The van der Waals surface area contributed by atoms with E-state index in [0.717, 1.165) is 5.56 Å². The number of hydrogen-bond acceptors (Lipinski definition) is 3. The summed E-state index contributed by atoms with van der Waals surface area (Å²) in [4.78, 5) is 26.5. The summed E-state index contributed by atoms with van der Waals surface area (Å²) in [6.45, 7) is 1.47. The lowest BCUT2D eigenvalue weighted by Gasteiger charge is -2.33. The van der Waals surface area contributed by atoms with Crippen LogP contribution in [-0.2, 0) is 9.53 Å². The Morgan fingerprint density at radius 1 is 1.04 bits per heavy atom. The average molecular weight is 392 g/mol. The van der Waals surface area contributed by atoms with Gasteiger partial charge < -0.3 is 9.64 Å². The lowest BCUT2D eigenvalue weighted by molar-refractivity contribution is -0.139. The summed E-state index contributed by atoms with van der Waals surface area (Å²) in [7, 11) is 0. The zero-order valence-corrected chi connectivity index (χ0v) is 15.7. The van der Waals surface area contributed by atoms with Gasteiger partial charge in [-0.25, -0.2) is 0 Å². The van der Waals surface area contributed by atoms with Crippen molar-refractivity contribution in [3.8, 4) is 0 Å². The maximum absolute atomic E-state index is 12.5. The fourth-order valence-electron chi connectivity index (χ4n) is 2.96. The van der Waals surface area contributed by atoms with Gasteiger partial charge in [-0.1, -0.05) is 47.5 Å². The van der Waals surface area contributed by atoms with Gasteiger partial charge in [-0.3, -0.25) is 9.59 Å². The predicted molar refractivity (Wildman–Crippen MR) is 102 cm³/mol. The Morgan fingerprint density at radius 2 is 1.77 bits per heavy atom. The first-order valence-corrected chi connectivity index (χ1v) is 9.23. The van der Waals surface area contributed by atoms with E-state index in [2.05, 4.69) is 0 Å². The first kappa shape index (κ1) is 18.9. The van der Waals surface area contributed by atoms with Gasteiger partial charge in [-0.05, 0) is 29.8 Å². The van der Waals surface area contributed by atoms with Crippen molar-refractivity contribution in [2.75, 3.05) is 19.7 Å². The van der Waals surface area contributed by atoms with Crippen LogP contribution in [0.5, 0.6) is 0 Å². The Kier molecular flexibility index (Phi) is 6.30. The van der Waals surface area contributed by atoms with Crippen molar-refractivity contribution in [2.24, 2.45) is 0 Å². The van der Waals surface area contributed by atoms with Crippen molar-refractivity contribution >= 4 is 34.9 Å². The van der Waals surface area contributed by atoms with Crippen LogP contribution in [0.2, 0.25) is 10.0 Å². The standard InChI is InChI=1S/C20H19Cl2NO3/c21-15-7-5-14(6-8-15)19-13-23(11-12-26-19)20(25)10-9-18(24)16-3-1-2-4-17(16)22/h1-8,19H,9-13H2. The Hall–Kier alpha value is -1.88. The molecular formula is C20H19Cl2NO3. The van der Waals surface area contributed by atoms with E-state index < -0.39 is 0 Å². The molecule has 136 valence electrons.